The van der Waals surface area contributed by atoms with E-state index in [1.54, 1.807) is 19.1 Å². The van der Waals surface area contributed by atoms with Gasteiger partial charge >= 0.3 is 6.18 Å². The molecular formula is C17H11Cl2F3N2O. The van der Waals surface area contributed by atoms with Crippen LogP contribution < -0.4 is 4.74 Å². The van der Waals surface area contributed by atoms with Crippen LogP contribution in [0.3, 0.4) is 0 Å². The monoisotopic (exact) mass is 386 g/mol. The van der Waals surface area contributed by atoms with Crippen LogP contribution in [0, 0.1) is 13.8 Å². The molecule has 130 valence electrons. The van der Waals surface area contributed by atoms with Gasteiger partial charge in [-0.05, 0) is 43.2 Å². The van der Waals surface area contributed by atoms with Gasteiger partial charge in [0.05, 0.1) is 21.1 Å². The fourth-order valence-corrected chi connectivity index (χ4v) is 2.55. The highest BCUT2D eigenvalue weighted by Gasteiger charge is 2.38. The van der Waals surface area contributed by atoms with Gasteiger partial charge in [-0.25, -0.2) is 9.97 Å². The molecule has 1 heterocycles. The molecule has 3 rings (SSSR count). The summed E-state index contributed by atoms with van der Waals surface area (Å²) >= 11 is 11.8. The number of nitrogens with zero attached hydrogens (tertiary/aromatic N) is 2. The maximum atomic E-state index is 13.4. The Hall–Kier alpha value is -2.05. The van der Waals surface area contributed by atoms with Crippen molar-refractivity contribution in [2.75, 3.05) is 0 Å². The molecule has 0 N–H and O–H groups in total. The van der Waals surface area contributed by atoms with E-state index in [0.29, 0.717) is 5.56 Å². The van der Waals surface area contributed by atoms with Gasteiger partial charge < -0.3 is 4.74 Å². The molecule has 0 amide bonds. The molecule has 0 saturated carbocycles. The highest BCUT2D eigenvalue weighted by atomic mass is 35.5. The number of benzene rings is 2. The molecule has 0 saturated heterocycles. The molecule has 0 radical (unpaired) electrons. The number of halogens is 5. The lowest BCUT2D eigenvalue weighted by Gasteiger charge is -2.15. The molecule has 0 spiro atoms. The van der Waals surface area contributed by atoms with Gasteiger partial charge in [-0.3, -0.25) is 0 Å². The van der Waals surface area contributed by atoms with Gasteiger partial charge in [0, 0.05) is 0 Å². The Kier molecular flexibility index (Phi) is 4.51. The highest BCUT2D eigenvalue weighted by Crippen LogP contribution is 2.38. The molecule has 25 heavy (non-hydrogen) atoms. The van der Waals surface area contributed by atoms with E-state index >= 15 is 0 Å². The van der Waals surface area contributed by atoms with Crippen LogP contribution in [0.1, 0.15) is 16.8 Å². The van der Waals surface area contributed by atoms with Crippen LogP contribution in [0.4, 0.5) is 13.2 Å². The van der Waals surface area contributed by atoms with E-state index in [1.807, 2.05) is 13.0 Å². The molecule has 8 heteroatoms. The first-order valence-corrected chi connectivity index (χ1v) is 7.90. The van der Waals surface area contributed by atoms with Crippen LogP contribution in [0.5, 0.6) is 11.6 Å². The number of rotatable bonds is 2. The zero-order chi connectivity index (χ0) is 18.4. The summed E-state index contributed by atoms with van der Waals surface area (Å²) in [5, 5.41) is 0.265. The fraction of sp³-hybridized carbons (Fsp3) is 0.176. The SMILES string of the molecule is Cc1cccc(Oc2nc3cc(Cl)c(Cl)cc3nc2C(F)(F)F)c1C. The van der Waals surface area contributed by atoms with E-state index in [2.05, 4.69) is 9.97 Å². The van der Waals surface area contributed by atoms with E-state index in [1.165, 1.54) is 12.1 Å². The van der Waals surface area contributed by atoms with Crippen LogP contribution >= 0.6 is 23.2 Å². The maximum Gasteiger partial charge on any atom is 0.438 e. The van der Waals surface area contributed by atoms with E-state index < -0.39 is 17.8 Å². The largest absolute Gasteiger partial charge is 0.438 e. The zero-order valence-electron chi connectivity index (χ0n) is 13.1. The second-order valence-corrected chi connectivity index (χ2v) is 6.24. The topological polar surface area (TPSA) is 35.0 Å². The Morgan fingerprint density at radius 3 is 2.16 bits per heavy atom. The fourth-order valence-electron chi connectivity index (χ4n) is 2.23. The van der Waals surface area contributed by atoms with E-state index in [-0.39, 0.29) is 26.8 Å². The highest BCUT2D eigenvalue weighted by molar-refractivity contribution is 6.42. The van der Waals surface area contributed by atoms with Crippen molar-refractivity contribution < 1.29 is 17.9 Å². The predicted molar refractivity (Wildman–Crippen MR) is 90.6 cm³/mol. The molecule has 0 atom stereocenters. The summed E-state index contributed by atoms with van der Waals surface area (Å²) in [4.78, 5) is 7.60. The van der Waals surface area contributed by atoms with E-state index in [4.69, 9.17) is 27.9 Å². The van der Waals surface area contributed by atoms with Crippen LogP contribution in [0.25, 0.3) is 11.0 Å². The van der Waals surface area contributed by atoms with Gasteiger partial charge in [-0.1, -0.05) is 35.3 Å². The molecule has 0 bridgehead atoms. The number of fused-ring (bicyclic) bond motifs is 1. The van der Waals surface area contributed by atoms with Gasteiger partial charge in [0.2, 0.25) is 5.69 Å². The molecule has 0 unspecified atom stereocenters. The molecule has 3 aromatic rings. The number of ether oxygens (including phenoxy) is 1. The molecule has 0 aliphatic rings. The zero-order valence-corrected chi connectivity index (χ0v) is 14.6. The Labute approximate surface area is 151 Å². The molecule has 0 aliphatic carbocycles. The summed E-state index contributed by atoms with van der Waals surface area (Å²) in [5.74, 6) is -0.355. The summed E-state index contributed by atoms with van der Waals surface area (Å²) in [6, 6.07) is 7.69. The second-order valence-electron chi connectivity index (χ2n) is 5.43. The van der Waals surface area contributed by atoms with Crippen molar-refractivity contribution in [2.45, 2.75) is 20.0 Å². The van der Waals surface area contributed by atoms with Crippen molar-refractivity contribution in [1.82, 2.24) is 9.97 Å². The molecular weight excluding hydrogens is 376 g/mol. The molecule has 3 nitrogen and oxygen atoms in total. The first-order chi connectivity index (χ1) is 11.7. The number of aromatic nitrogens is 2. The van der Waals surface area contributed by atoms with Gasteiger partial charge in [-0.2, -0.15) is 13.2 Å². The summed E-state index contributed by atoms with van der Waals surface area (Å²) in [7, 11) is 0. The minimum atomic E-state index is -4.74. The van der Waals surface area contributed by atoms with E-state index in [9.17, 15) is 13.2 Å². The Morgan fingerprint density at radius 2 is 1.56 bits per heavy atom. The van der Waals surface area contributed by atoms with Crippen molar-refractivity contribution in [3.05, 3.63) is 57.2 Å². The van der Waals surface area contributed by atoms with Crippen LogP contribution in [-0.4, -0.2) is 9.97 Å². The van der Waals surface area contributed by atoms with Crippen LogP contribution in [-0.2, 0) is 6.18 Å². The van der Waals surface area contributed by atoms with Gasteiger partial charge in [0.15, 0.2) is 0 Å². The summed E-state index contributed by atoms with van der Waals surface area (Å²) in [6.45, 7) is 3.59. The Morgan fingerprint density at radius 1 is 0.960 bits per heavy atom. The number of alkyl halides is 3. The lowest BCUT2D eigenvalue weighted by molar-refractivity contribution is -0.142. The first kappa shape index (κ1) is 17.8. The minimum absolute atomic E-state index is 0.0185. The normalized spacial score (nSPS) is 11.8. The van der Waals surface area contributed by atoms with Crippen molar-refractivity contribution in [3.8, 4) is 11.6 Å². The van der Waals surface area contributed by atoms with Crippen LogP contribution in [0.15, 0.2) is 30.3 Å². The molecule has 0 fully saturated rings. The molecule has 0 aliphatic heterocycles. The van der Waals surface area contributed by atoms with Gasteiger partial charge in [0.25, 0.3) is 5.88 Å². The second kappa shape index (κ2) is 6.35. The predicted octanol–water partition coefficient (Wildman–Crippen LogP) is 6.36. The van der Waals surface area contributed by atoms with Crippen molar-refractivity contribution >= 4 is 34.2 Å². The maximum absolute atomic E-state index is 13.4. The van der Waals surface area contributed by atoms with E-state index in [0.717, 1.165) is 5.56 Å². The Balaban J connectivity index is 2.21. The third kappa shape index (κ3) is 3.50. The number of hydrogen-bond acceptors (Lipinski definition) is 3. The van der Waals surface area contributed by atoms with Gasteiger partial charge in [-0.15, -0.1) is 0 Å². The average Bonchev–Trinajstić information content (AvgIpc) is 2.52. The third-order valence-electron chi connectivity index (χ3n) is 3.70. The summed E-state index contributed by atoms with van der Waals surface area (Å²) < 4.78 is 45.6. The minimum Gasteiger partial charge on any atom is -0.437 e. The number of aryl methyl sites for hydroxylation is 1. The molecule has 2 aromatic carbocycles. The van der Waals surface area contributed by atoms with Gasteiger partial charge in [0.1, 0.15) is 5.75 Å². The van der Waals surface area contributed by atoms with Crippen molar-refractivity contribution in [3.63, 3.8) is 0 Å². The summed E-state index contributed by atoms with van der Waals surface area (Å²) in [5.41, 5.74) is 0.512. The quantitative estimate of drug-likeness (QED) is 0.513. The summed E-state index contributed by atoms with van der Waals surface area (Å²) in [6.07, 6.45) is -4.74. The Bertz CT molecular complexity index is 974. The average molecular weight is 387 g/mol. The first-order valence-electron chi connectivity index (χ1n) is 7.15. The standard InChI is InChI=1S/C17H11Cl2F3N2O/c1-8-4-3-5-14(9(8)2)25-16-15(17(20,21)22)23-12-6-10(18)11(19)7-13(12)24-16/h3-7H,1-2H3. The van der Waals surface area contributed by atoms with Crippen LogP contribution in [0.2, 0.25) is 10.0 Å². The molecule has 1 aromatic heterocycles. The lowest BCUT2D eigenvalue weighted by atomic mass is 10.1. The lowest BCUT2D eigenvalue weighted by Crippen LogP contribution is -2.12. The third-order valence-corrected chi connectivity index (χ3v) is 4.43. The number of hydrogen-bond donors (Lipinski definition) is 0. The smallest absolute Gasteiger partial charge is 0.437 e. The van der Waals surface area contributed by atoms with Crippen molar-refractivity contribution in [2.24, 2.45) is 0 Å². The van der Waals surface area contributed by atoms with Crippen molar-refractivity contribution in [1.29, 1.82) is 0 Å².